The van der Waals surface area contributed by atoms with Gasteiger partial charge < -0.3 is 12.6 Å². The van der Waals surface area contributed by atoms with E-state index in [2.05, 4.69) is 4.18 Å². The third-order valence-electron chi connectivity index (χ3n) is 0.136. The van der Waals surface area contributed by atoms with Gasteiger partial charge in [0.15, 0.2) is 0 Å². The fourth-order valence-electron chi connectivity index (χ4n) is 0. The Morgan fingerprint density at radius 3 is 1.67 bits per heavy atom. The number of rotatable bonds is 1. The maximum absolute atomic E-state index is 9.15. The van der Waals surface area contributed by atoms with Crippen LogP contribution in [0.5, 0.6) is 0 Å². The Hall–Kier alpha value is 0.910. The molecule has 0 rings (SSSR count). The van der Waals surface area contributed by atoms with Crippen molar-refractivity contribution < 1.29 is 42.2 Å². The molecule has 0 spiro atoms. The average Bonchev–Trinajstić information content (AvgIpc) is 1.38. The second-order valence-electron chi connectivity index (χ2n) is 0.371. The van der Waals surface area contributed by atoms with E-state index >= 15 is 0 Å². The predicted octanol–water partition coefficient (Wildman–Crippen LogP) is -3.14. The van der Waals surface area contributed by atoms with Crippen LogP contribution in [0.2, 0.25) is 0 Å². The van der Waals surface area contributed by atoms with Crippen molar-refractivity contribution >= 4 is 11.0 Å². The quantitative estimate of drug-likeness (QED) is 0.270. The van der Waals surface area contributed by atoms with Crippen molar-refractivity contribution in [2.75, 3.05) is 7.11 Å². The Morgan fingerprint density at radius 2 is 1.67 bits per heavy atom. The van der Waals surface area contributed by atoms with Gasteiger partial charge in [0, 0.05) is 7.11 Å². The summed E-state index contributed by atoms with van der Waals surface area (Å²) in [5.74, 6) is 0. The van der Waals surface area contributed by atoms with Crippen LogP contribution in [-0.4, -0.2) is 7.11 Å². The zero-order valence-corrected chi connectivity index (χ0v) is 6.45. The van der Waals surface area contributed by atoms with Crippen molar-refractivity contribution in [2.24, 2.45) is 0 Å². The van der Waals surface area contributed by atoms with E-state index in [1.807, 2.05) is 0 Å². The van der Waals surface area contributed by atoms with Gasteiger partial charge in [-0.3, -0.25) is 0 Å². The summed E-state index contributed by atoms with van der Waals surface area (Å²) in [5.41, 5.74) is 0. The van der Waals surface area contributed by atoms with Crippen LogP contribution >= 0.6 is 0 Å². The first-order valence-corrected chi connectivity index (χ1v) is 1.91. The van der Waals surface area contributed by atoms with Gasteiger partial charge in [-0.05, 0) is 0 Å². The van der Waals surface area contributed by atoms with Gasteiger partial charge in [-0.15, -0.1) is 0 Å². The van der Waals surface area contributed by atoms with Crippen LogP contribution in [0.15, 0.2) is 0 Å². The van der Waals surface area contributed by atoms with Gasteiger partial charge in [0.1, 0.15) is 0 Å². The molecular weight excluding hydrogens is 115 g/mol. The zero-order valence-electron chi connectivity index (χ0n) is 3.63. The normalized spacial score (nSPS) is 7.67. The Labute approximate surface area is 60.1 Å². The summed E-state index contributed by atoms with van der Waals surface area (Å²) in [4.78, 5) is 0. The molecule has 0 amide bonds. The minimum Gasteiger partial charge on any atom is -0.427 e. The first-order chi connectivity index (χ1) is 2.27. The van der Waals surface area contributed by atoms with E-state index < -0.39 is 11.0 Å². The van der Waals surface area contributed by atoms with Crippen molar-refractivity contribution in [1.29, 1.82) is 0 Å². The topological polar surface area (TPSA) is 43.4 Å². The van der Waals surface area contributed by atoms with Gasteiger partial charge in [0.2, 0.25) is 0 Å². The predicted molar refractivity (Wildman–Crippen MR) is 15.7 cm³/mol. The molecule has 0 aromatic heterocycles. The van der Waals surface area contributed by atoms with Gasteiger partial charge in [0.05, 0.1) is 11.0 Å². The van der Waals surface area contributed by atoms with Crippen molar-refractivity contribution in [1.82, 2.24) is 0 Å². The van der Waals surface area contributed by atoms with Gasteiger partial charge >= 0.3 is 29.6 Å². The van der Waals surface area contributed by atoms with Crippen LogP contribution in [0.4, 0.5) is 0 Å². The molecule has 0 aliphatic heterocycles. The molecule has 3 nitrogen and oxygen atoms in total. The fourth-order valence-corrected chi connectivity index (χ4v) is 0. The van der Waals surface area contributed by atoms with E-state index in [-0.39, 0.29) is 29.6 Å². The zero-order chi connectivity index (χ0) is 4.28. The van der Waals surface area contributed by atoms with Gasteiger partial charge in [-0.1, -0.05) is 0 Å². The molecular formula is CH3NaO3S. The summed E-state index contributed by atoms with van der Waals surface area (Å²) in [7, 11) is -1.24. The summed E-state index contributed by atoms with van der Waals surface area (Å²) < 4.78 is 22.0. The van der Waals surface area contributed by atoms with E-state index in [0.717, 1.165) is 7.11 Å². The monoisotopic (exact) mass is 118 g/mol. The molecule has 0 heterocycles. The summed E-state index contributed by atoms with van der Waals surface area (Å²) in [6, 6.07) is 0. The molecule has 0 aromatic carbocycles. The van der Waals surface area contributed by atoms with Crippen LogP contribution < -0.4 is 29.6 Å². The Bertz CT molecular complexity index is 68.9. The molecule has 0 N–H and O–H groups in total. The summed E-state index contributed by atoms with van der Waals surface area (Å²) in [6.07, 6.45) is 0. The first kappa shape index (κ1) is 10.0. The summed E-state index contributed by atoms with van der Waals surface area (Å²) in [6.45, 7) is 0. The third-order valence-corrected chi connectivity index (χ3v) is 0.408. The van der Waals surface area contributed by atoms with E-state index in [1.165, 1.54) is 0 Å². The molecule has 0 saturated heterocycles. The number of hydrogen-bond acceptors (Lipinski definition) is 4. The third kappa shape index (κ3) is 8.86. The summed E-state index contributed by atoms with van der Waals surface area (Å²) >= 11 is 0. The molecule has 0 aliphatic carbocycles. The minimum atomic E-state index is -2.32. The fraction of sp³-hybridized carbons (Fsp3) is 1.00. The van der Waals surface area contributed by atoms with E-state index in [4.69, 9.17) is 8.42 Å². The van der Waals surface area contributed by atoms with Crippen molar-refractivity contribution in [3.8, 4) is 0 Å². The Balaban J connectivity index is 0. The van der Waals surface area contributed by atoms with Crippen LogP contribution in [-0.2, 0) is 23.6 Å². The van der Waals surface area contributed by atoms with Crippen molar-refractivity contribution in [3.05, 3.63) is 0 Å². The van der Waals surface area contributed by atoms with E-state index in [1.54, 1.807) is 0 Å². The molecule has 5 heteroatoms. The smallest absolute Gasteiger partial charge is 0.427 e. The molecule has 0 aliphatic rings. The molecule has 32 valence electrons. The molecule has 6 heavy (non-hydrogen) atoms. The standard InChI is InChI=1S/CH3O3S.Na/c1-4-5(2)3;/h1H3;/q-1;+1. The SMILES string of the molecule is CO[S-](=O)=O.[Na+]. The number of hydrogen-bond donors (Lipinski definition) is 0. The van der Waals surface area contributed by atoms with Crippen LogP contribution in [0.1, 0.15) is 0 Å². The Morgan fingerprint density at radius 1 is 1.50 bits per heavy atom. The van der Waals surface area contributed by atoms with Crippen LogP contribution in [0, 0.1) is 0 Å². The molecule has 0 fully saturated rings. The van der Waals surface area contributed by atoms with E-state index in [9.17, 15) is 0 Å². The Kier molecular flexibility index (Phi) is 9.86. The molecule has 0 radical (unpaired) electrons. The average molecular weight is 118 g/mol. The molecule has 0 atom stereocenters. The second kappa shape index (κ2) is 5.91. The van der Waals surface area contributed by atoms with E-state index in [0.29, 0.717) is 0 Å². The van der Waals surface area contributed by atoms with Gasteiger partial charge in [-0.2, -0.15) is 0 Å². The van der Waals surface area contributed by atoms with Crippen LogP contribution in [0.25, 0.3) is 0 Å². The first-order valence-electron chi connectivity index (χ1n) is 0.908. The maximum atomic E-state index is 9.15. The van der Waals surface area contributed by atoms with Crippen molar-refractivity contribution in [2.45, 2.75) is 0 Å². The molecule has 0 saturated carbocycles. The summed E-state index contributed by atoms with van der Waals surface area (Å²) in [5, 5.41) is 0. The molecule has 0 bridgehead atoms. The minimum absolute atomic E-state index is 0. The molecule has 0 aromatic rings. The molecule has 0 unspecified atom stereocenters. The largest absolute Gasteiger partial charge is 1.00 e. The van der Waals surface area contributed by atoms with Gasteiger partial charge in [-0.25, -0.2) is 0 Å². The van der Waals surface area contributed by atoms with Gasteiger partial charge in [0.25, 0.3) is 0 Å². The maximum Gasteiger partial charge on any atom is 1.00 e. The second-order valence-corrected chi connectivity index (χ2v) is 1.11. The van der Waals surface area contributed by atoms with Crippen LogP contribution in [0.3, 0.4) is 0 Å². The van der Waals surface area contributed by atoms with Crippen molar-refractivity contribution in [3.63, 3.8) is 0 Å².